The fraction of sp³-hybridized carbons (Fsp3) is 0.351. The molecule has 41 heavy (non-hydrogen) atoms. The minimum absolute atomic E-state index is 0.0540. The average molecular weight is 553 g/mol. The van der Waals surface area contributed by atoms with E-state index in [-0.39, 0.29) is 33.8 Å². The Balaban J connectivity index is 1.66. The predicted molar refractivity (Wildman–Crippen MR) is 168 cm³/mol. The molecule has 0 aliphatic rings. The van der Waals surface area contributed by atoms with E-state index in [1.807, 2.05) is 62.4 Å². The highest BCUT2D eigenvalue weighted by atomic mass is 16.3. The van der Waals surface area contributed by atoms with Gasteiger partial charge in [-0.15, -0.1) is 0 Å². The van der Waals surface area contributed by atoms with Crippen molar-refractivity contribution in [3.05, 3.63) is 116 Å². The highest BCUT2D eigenvalue weighted by molar-refractivity contribution is 5.52. The summed E-state index contributed by atoms with van der Waals surface area (Å²) in [5.74, 6) is 0.924. The molecule has 0 heterocycles. The van der Waals surface area contributed by atoms with Gasteiger partial charge in [-0.25, -0.2) is 0 Å². The Morgan fingerprint density at radius 2 is 0.829 bits per heavy atom. The second kappa shape index (κ2) is 11.2. The van der Waals surface area contributed by atoms with Crippen LogP contribution in [0.15, 0.2) is 60.7 Å². The fourth-order valence-electron chi connectivity index (χ4n) is 5.37. The molecule has 0 fully saturated rings. The Hall–Kier alpha value is -3.92. The average Bonchev–Trinajstić information content (AvgIpc) is 2.86. The highest BCUT2D eigenvalue weighted by Crippen LogP contribution is 2.35. The molecule has 0 spiro atoms. The number of hydrogen-bond acceptors (Lipinski definition) is 4. The number of benzene rings is 4. The molecule has 0 atom stereocenters. The van der Waals surface area contributed by atoms with Gasteiger partial charge in [-0.1, -0.05) is 90.1 Å². The van der Waals surface area contributed by atoms with Crippen molar-refractivity contribution in [2.45, 2.75) is 85.5 Å². The van der Waals surface area contributed by atoms with Gasteiger partial charge in [0.1, 0.15) is 23.0 Å². The van der Waals surface area contributed by atoms with Crippen LogP contribution in [0, 0.1) is 13.8 Å². The van der Waals surface area contributed by atoms with Crippen LogP contribution in [0.2, 0.25) is 0 Å². The minimum atomic E-state index is -0.0540. The third-order valence-electron chi connectivity index (χ3n) is 7.94. The summed E-state index contributed by atoms with van der Waals surface area (Å²) in [7, 11) is 0. The molecule has 4 N–H and O–H groups in total. The lowest BCUT2D eigenvalue weighted by atomic mass is 9.85. The lowest BCUT2D eigenvalue weighted by Gasteiger charge is -2.21. The molecular weight excluding hydrogens is 508 g/mol. The van der Waals surface area contributed by atoms with E-state index in [1.54, 1.807) is 12.1 Å². The van der Waals surface area contributed by atoms with Gasteiger partial charge in [-0.05, 0) is 98.9 Å². The van der Waals surface area contributed by atoms with Crippen LogP contribution in [-0.4, -0.2) is 20.4 Å². The van der Waals surface area contributed by atoms with Crippen LogP contribution in [0.5, 0.6) is 23.0 Å². The van der Waals surface area contributed by atoms with Crippen molar-refractivity contribution in [1.29, 1.82) is 0 Å². The molecule has 0 unspecified atom stereocenters. The van der Waals surface area contributed by atoms with E-state index in [0.29, 0.717) is 19.3 Å². The Morgan fingerprint density at radius 3 is 1.17 bits per heavy atom. The molecular formula is C37H44O4. The van der Waals surface area contributed by atoms with Crippen LogP contribution in [0.4, 0.5) is 0 Å². The molecule has 0 saturated heterocycles. The number of aryl methyl sites for hydroxylation is 2. The number of phenolic OH excluding ortho intramolecular Hbond substituents is 4. The maximum absolute atomic E-state index is 10.9. The smallest absolute Gasteiger partial charge is 0.122 e. The lowest BCUT2D eigenvalue weighted by molar-refractivity contribution is 0.459. The first-order valence-corrected chi connectivity index (χ1v) is 14.3. The van der Waals surface area contributed by atoms with Gasteiger partial charge < -0.3 is 20.4 Å². The quantitative estimate of drug-likeness (QED) is 0.193. The van der Waals surface area contributed by atoms with Gasteiger partial charge in [-0.3, -0.25) is 0 Å². The zero-order valence-electron chi connectivity index (χ0n) is 25.7. The summed E-state index contributed by atoms with van der Waals surface area (Å²) in [6.07, 6.45) is 1.45. The van der Waals surface area contributed by atoms with E-state index in [4.69, 9.17) is 0 Å². The zero-order valence-corrected chi connectivity index (χ0v) is 25.7. The van der Waals surface area contributed by atoms with E-state index in [2.05, 4.69) is 41.5 Å². The van der Waals surface area contributed by atoms with Gasteiger partial charge in [0.2, 0.25) is 0 Å². The predicted octanol–water partition coefficient (Wildman–Crippen LogP) is 8.49. The summed E-state index contributed by atoms with van der Waals surface area (Å²) in [5, 5.41) is 43.0. The second-order valence-corrected chi connectivity index (χ2v) is 13.6. The third kappa shape index (κ3) is 6.87. The van der Waals surface area contributed by atoms with Crippen molar-refractivity contribution in [3.8, 4) is 23.0 Å². The molecule has 0 aliphatic carbocycles. The third-order valence-corrected chi connectivity index (χ3v) is 7.94. The molecule has 0 aromatic heterocycles. The van der Waals surface area contributed by atoms with Gasteiger partial charge in [0, 0.05) is 12.8 Å². The van der Waals surface area contributed by atoms with Gasteiger partial charge in [0.15, 0.2) is 0 Å². The summed E-state index contributed by atoms with van der Waals surface area (Å²) in [5.41, 5.74) is 8.88. The van der Waals surface area contributed by atoms with Gasteiger partial charge in [0.25, 0.3) is 0 Å². The van der Waals surface area contributed by atoms with E-state index in [9.17, 15) is 20.4 Å². The van der Waals surface area contributed by atoms with Crippen molar-refractivity contribution < 1.29 is 20.4 Å². The SMILES string of the molecule is Cc1cc(Cc2cc(C)c(O)c(Cc3cc(C(C)(C)C)ccc3O)c2)cc(Cc2cc(C(C)(C)C)ccc2O)c1O. The summed E-state index contributed by atoms with van der Waals surface area (Å²) in [6.45, 7) is 16.6. The first-order valence-electron chi connectivity index (χ1n) is 14.3. The van der Waals surface area contributed by atoms with Gasteiger partial charge in [0.05, 0.1) is 0 Å². The molecule has 4 heteroatoms. The topological polar surface area (TPSA) is 80.9 Å². The lowest BCUT2D eigenvalue weighted by Crippen LogP contribution is -2.11. The van der Waals surface area contributed by atoms with E-state index >= 15 is 0 Å². The molecule has 4 nitrogen and oxygen atoms in total. The largest absolute Gasteiger partial charge is 0.508 e. The summed E-state index contributed by atoms with van der Waals surface area (Å²) in [6, 6.07) is 19.4. The molecule has 0 amide bonds. The highest BCUT2D eigenvalue weighted by Gasteiger charge is 2.19. The van der Waals surface area contributed by atoms with Crippen molar-refractivity contribution in [2.75, 3.05) is 0 Å². The van der Waals surface area contributed by atoms with Gasteiger partial charge >= 0.3 is 0 Å². The minimum Gasteiger partial charge on any atom is -0.508 e. The normalized spacial score (nSPS) is 12.1. The van der Waals surface area contributed by atoms with E-state index < -0.39 is 0 Å². The molecule has 0 aliphatic heterocycles. The van der Waals surface area contributed by atoms with E-state index in [0.717, 1.165) is 55.6 Å². The molecule has 4 aromatic rings. The van der Waals surface area contributed by atoms with Crippen LogP contribution in [0.25, 0.3) is 0 Å². The molecule has 0 radical (unpaired) electrons. The summed E-state index contributed by atoms with van der Waals surface area (Å²) >= 11 is 0. The Labute approximate surface area is 245 Å². The molecule has 216 valence electrons. The number of hydrogen-bond donors (Lipinski definition) is 4. The Kier molecular flexibility index (Phi) is 8.18. The van der Waals surface area contributed by atoms with Crippen molar-refractivity contribution in [3.63, 3.8) is 0 Å². The van der Waals surface area contributed by atoms with Gasteiger partial charge in [-0.2, -0.15) is 0 Å². The molecule has 4 rings (SSSR count). The first-order chi connectivity index (χ1) is 19.0. The van der Waals surface area contributed by atoms with Crippen molar-refractivity contribution in [1.82, 2.24) is 0 Å². The monoisotopic (exact) mass is 552 g/mol. The number of phenols is 4. The summed E-state index contributed by atoms with van der Waals surface area (Å²) in [4.78, 5) is 0. The number of aromatic hydroxyl groups is 4. The second-order valence-electron chi connectivity index (χ2n) is 13.6. The Morgan fingerprint density at radius 1 is 0.463 bits per heavy atom. The summed E-state index contributed by atoms with van der Waals surface area (Å²) < 4.78 is 0. The van der Waals surface area contributed by atoms with Crippen molar-refractivity contribution >= 4 is 0 Å². The zero-order chi connectivity index (χ0) is 30.3. The fourth-order valence-corrected chi connectivity index (χ4v) is 5.37. The first kappa shape index (κ1) is 30.0. The van der Waals surface area contributed by atoms with Crippen LogP contribution in [0.1, 0.15) is 97.2 Å². The maximum atomic E-state index is 10.9. The van der Waals surface area contributed by atoms with Crippen LogP contribution < -0.4 is 0 Å². The van der Waals surface area contributed by atoms with Crippen LogP contribution >= 0.6 is 0 Å². The van der Waals surface area contributed by atoms with Crippen LogP contribution in [-0.2, 0) is 30.1 Å². The van der Waals surface area contributed by atoms with Crippen LogP contribution in [0.3, 0.4) is 0 Å². The van der Waals surface area contributed by atoms with E-state index in [1.165, 1.54) is 0 Å². The van der Waals surface area contributed by atoms with Crippen molar-refractivity contribution in [2.24, 2.45) is 0 Å². The molecule has 0 bridgehead atoms. The molecule has 0 saturated carbocycles. The standard InChI is InChI=1S/C37H44O4/c1-22-13-24(16-28(34(22)40)18-26-20-30(36(3,4)5)9-11-32(26)38)15-25-14-23(2)35(41)29(17-25)19-27-21-31(37(6,7)8)10-12-33(27)39/h9-14,16-17,20-21,38-41H,15,18-19H2,1-8H3. The molecule has 4 aromatic carbocycles. The number of rotatable bonds is 6. The maximum Gasteiger partial charge on any atom is 0.122 e. The Bertz CT molecular complexity index is 1460.